The third kappa shape index (κ3) is 2.70. The topological polar surface area (TPSA) is 79.3 Å². The highest BCUT2D eigenvalue weighted by Crippen LogP contribution is 2.46. The fourth-order valence-corrected chi connectivity index (χ4v) is 2.94. The van der Waals surface area contributed by atoms with Crippen LogP contribution < -0.4 is 5.32 Å². The van der Waals surface area contributed by atoms with Crippen LogP contribution in [0, 0.1) is 5.41 Å². The van der Waals surface area contributed by atoms with Gasteiger partial charge in [0.05, 0.1) is 11.7 Å². The molecule has 2 N–H and O–H groups in total. The van der Waals surface area contributed by atoms with Gasteiger partial charge in [0.2, 0.25) is 5.91 Å². The summed E-state index contributed by atoms with van der Waals surface area (Å²) in [6.45, 7) is 8.08. The van der Waals surface area contributed by atoms with E-state index in [2.05, 4.69) is 31.1 Å². The van der Waals surface area contributed by atoms with Gasteiger partial charge in [0.25, 0.3) is 0 Å². The summed E-state index contributed by atoms with van der Waals surface area (Å²) in [5.74, 6) is -1.43. The van der Waals surface area contributed by atoms with Gasteiger partial charge < -0.3 is 10.4 Å². The molecule has 1 aromatic heterocycles. The Kier molecular flexibility index (Phi) is 3.62. The highest BCUT2D eigenvalue weighted by atomic mass is 32.1. The molecule has 1 atom stereocenters. The van der Waals surface area contributed by atoms with E-state index in [1.165, 1.54) is 11.3 Å². The molecule has 20 heavy (non-hydrogen) atoms. The molecule has 1 heterocycles. The number of rotatable bonds is 4. The lowest BCUT2D eigenvalue weighted by molar-refractivity contribution is -0.149. The largest absolute Gasteiger partial charge is 0.480 e. The Hall–Kier alpha value is -1.43. The molecule has 1 aliphatic carbocycles. The first kappa shape index (κ1) is 15.0. The van der Waals surface area contributed by atoms with Gasteiger partial charge in [-0.1, -0.05) is 20.8 Å². The molecule has 1 aliphatic rings. The number of carbonyl (C=O) groups is 2. The van der Waals surface area contributed by atoms with E-state index in [1.54, 1.807) is 0 Å². The van der Waals surface area contributed by atoms with Crippen molar-refractivity contribution in [2.24, 2.45) is 5.41 Å². The van der Waals surface area contributed by atoms with Crippen molar-refractivity contribution in [2.75, 3.05) is 0 Å². The summed E-state index contributed by atoms with van der Waals surface area (Å²) < 4.78 is 0. The van der Waals surface area contributed by atoms with Crippen molar-refractivity contribution < 1.29 is 14.7 Å². The second kappa shape index (κ2) is 4.84. The number of hydrogen-bond donors (Lipinski definition) is 2. The normalized spacial score (nSPS) is 18.4. The lowest BCUT2D eigenvalue weighted by Crippen LogP contribution is -2.38. The van der Waals surface area contributed by atoms with Gasteiger partial charge in [-0.25, -0.2) is 4.98 Å². The predicted octanol–water partition coefficient (Wildman–Crippen LogP) is 2.48. The van der Waals surface area contributed by atoms with Crippen molar-refractivity contribution in [2.45, 2.75) is 52.0 Å². The Morgan fingerprint density at radius 3 is 2.45 bits per heavy atom. The van der Waals surface area contributed by atoms with Gasteiger partial charge in [-0.15, -0.1) is 11.3 Å². The van der Waals surface area contributed by atoms with E-state index < -0.39 is 17.3 Å². The highest BCUT2D eigenvalue weighted by molar-refractivity contribution is 7.09. The average molecular weight is 296 g/mol. The number of nitrogens with zero attached hydrogens (tertiary/aromatic N) is 1. The first-order chi connectivity index (χ1) is 9.17. The summed E-state index contributed by atoms with van der Waals surface area (Å²) >= 11 is 1.49. The van der Waals surface area contributed by atoms with Crippen LogP contribution in [0.1, 0.15) is 57.3 Å². The fraction of sp³-hybridized carbons (Fsp3) is 0.643. The highest BCUT2D eigenvalue weighted by Gasteiger charge is 2.57. The maximum absolute atomic E-state index is 12.0. The van der Waals surface area contributed by atoms with E-state index in [0.29, 0.717) is 12.8 Å². The number of nitrogens with one attached hydrogen (secondary N) is 1. The van der Waals surface area contributed by atoms with Crippen LogP contribution >= 0.6 is 11.3 Å². The molecule has 5 nitrogen and oxygen atoms in total. The van der Waals surface area contributed by atoms with Crippen molar-refractivity contribution in [1.82, 2.24) is 10.3 Å². The number of aromatic nitrogens is 1. The first-order valence-corrected chi connectivity index (χ1v) is 7.55. The molecule has 0 aromatic carbocycles. The van der Waals surface area contributed by atoms with E-state index in [-0.39, 0.29) is 11.5 Å². The van der Waals surface area contributed by atoms with Gasteiger partial charge in [0.15, 0.2) is 0 Å². The standard InChI is InChI=1S/C14H20N2O3S/c1-8(10-16-9(7-20-10)13(2,3)4)15-11(17)14(5-6-14)12(18)19/h7-8H,5-6H2,1-4H3,(H,15,17)(H,18,19)/t8-/m1/s1. The molecule has 0 saturated heterocycles. The number of hydrogen-bond acceptors (Lipinski definition) is 4. The Balaban J connectivity index is 2.06. The molecule has 1 amide bonds. The van der Waals surface area contributed by atoms with E-state index in [4.69, 9.17) is 5.11 Å². The van der Waals surface area contributed by atoms with Gasteiger partial charge in [-0.2, -0.15) is 0 Å². The number of thiazole rings is 1. The molecule has 0 bridgehead atoms. The average Bonchev–Trinajstić information content (AvgIpc) is 2.98. The lowest BCUT2D eigenvalue weighted by atomic mass is 9.93. The zero-order valence-electron chi connectivity index (χ0n) is 12.2. The van der Waals surface area contributed by atoms with Crippen LogP contribution in [0.4, 0.5) is 0 Å². The summed E-state index contributed by atoms with van der Waals surface area (Å²) in [4.78, 5) is 27.7. The summed E-state index contributed by atoms with van der Waals surface area (Å²) in [5, 5.41) is 14.7. The van der Waals surface area contributed by atoms with Crippen LogP contribution in [0.3, 0.4) is 0 Å². The second-order valence-electron chi connectivity index (χ2n) is 6.40. The maximum atomic E-state index is 12.0. The van der Waals surface area contributed by atoms with Gasteiger partial charge in [-0.3, -0.25) is 9.59 Å². The van der Waals surface area contributed by atoms with Crippen LogP contribution in [-0.4, -0.2) is 22.0 Å². The summed E-state index contributed by atoms with van der Waals surface area (Å²) in [5.41, 5.74) is -0.242. The predicted molar refractivity (Wildman–Crippen MR) is 76.7 cm³/mol. The van der Waals surface area contributed by atoms with Crippen LogP contribution in [0.2, 0.25) is 0 Å². The van der Waals surface area contributed by atoms with Gasteiger partial charge in [-0.05, 0) is 19.8 Å². The minimum Gasteiger partial charge on any atom is -0.480 e. The quantitative estimate of drug-likeness (QED) is 0.837. The molecule has 1 fully saturated rings. The molecule has 0 aliphatic heterocycles. The van der Waals surface area contributed by atoms with Crippen molar-refractivity contribution in [3.63, 3.8) is 0 Å². The molecule has 1 saturated carbocycles. The van der Waals surface area contributed by atoms with Gasteiger partial charge >= 0.3 is 5.97 Å². The third-order valence-electron chi connectivity index (χ3n) is 3.60. The van der Waals surface area contributed by atoms with Gasteiger partial charge in [0.1, 0.15) is 10.4 Å². The van der Waals surface area contributed by atoms with E-state index in [1.807, 2.05) is 12.3 Å². The minimum absolute atomic E-state index is 0.0305. The zero-order chi connectivity index (χ0) is 15.1. The molecule has 2 rings (SSSR count). The molecule has 0 spiro atoms. The fourth-order valence-electron chi connectivity index (χ4n) is 1.89. The number of aliphatic carboxylic acids is 1. The van der Waals surface area contributed by atoms with Crippen molar-refractivity contribution in [1.29, 1.82) is 0 Å². The molecule has 0 radical (unpaired) electrons. The number of amides is 1. The maximum Gasteiger partial charge on any atom is 0.319 e. The monoisotopic (exact) mass is 296 g/mol. The second-order valence-corrected chi connectivity index (χ2v) is 7.29. The summed E-state index contributed by atoms with van der Waals surface area (Å²) in [6.07, 6.45) is 0.845. The SMILES string of the molecule is C[C@@H](NC(=O)C1(C(=O)O)CC1)c1nc(C(C)(C)C)cs1. The first-order valence-electron chi connectivity index (χ1n) is 6.67. The van der Waals surface area contributed by atoms with E-state index in [9.17, 15) is 9.59 Å². The molecule has 110 valence electrons. The van der Waals surface area contributed by atoms with Crippen molar-refractivity contribution >= 4 is 23.2 Å². The Labute approximate surface area is 122 Å². The van der Waals surface area contributed by atoms with Crippen LogP contribution in [0.15, 0.2) is 5.38 Å². The third-order valence-corrected chi connectivity index (χ3v) is 4.63. The number of carboxylic acid groups (broad SMARTS) is 1. The molecule has 0 unspecified atom stereocenters. The Morgan fingerprint density at radius 2 is 2.05 bits per heavy atom. The van der Waals surface area contributed by atoms with E-state index >= 15 is 0 Å². The Morgan fingerprint density at radius 1 is 1.45 bits per heavy atom. The molecule has 1 aromatic rings. The smallest absolute Gasteiger partial charge is 0.319 e. The molecular weight excluding hydrogens is 276 g/mol. The zero-order valence-corrected chi connectivity index (χ0v) is 13.0. The summed E-state index contributed by atoms with van der Waals surface area (Å²) in [6, 6.07) is -0.263. The molecule has 6 heteroatoms. The van der Waals surface area contributed by atoms with Crippen molar-refractivity contribution in [3.8, 4) is 0 Å². The van der Waals surface area contributed by atoms with Crippen molar-refractivity contribution in [3.05, 3.63) is 16.1 Å². The van der Waals surface area contributed by atoms with Crippen LogP contribution in [0.5, 0.6) is 0 Å². The van der Waals surface area contributed by atoms with Gasteiger partial charge in [0, 0.05) is 10.8 Å². The number of carbonyl (C=O) groups excluding carboxylic acids is 1. The molecular formula is C14H20N2O3S. The van der Waals surface area contributed by atoms with E-state index in [0.717, 1.165) is 10.7 Å². The number of carboxylic acids is 1. The lowest BCUT2D eigenvalue weighted by Gasteiger charge is -2.16. The Bertz CT molecular complexity index is 541. The van der Waals surface area contributed by atoms with Crippen LogP contribution in [-0.2, 0) is 15.0 Å². The minimum atomic E-state index is -1.20. The van der Waals surface area contributed by atoms with Crippen LogP contribution in [0.25, 0.3) is 0 Å². The summed E-state index contributed by atoms with van der Waals surface area (Å²) in [7, 11) is 0.